The highest BCUT2D eigenvalue weighted by atomic mass is 16.5. The largest absolute Gasteiger partial charge is 0.508 e. The first-order valence-electron chi connectivity index (χ1n) is 10.0. The molecule has 3 aromatic rings. The molecule has 7 nitrogen and oxygen atoms in total. The van der Waals surface area contributed by atoms with Gasteiger partial charge in [0.1, 0.15) is 11.5 Å². The van der Waals surface area contributed by atoms with Crippen molar-refractivity contribution in [1.82, 2.24) is 0 Å². The third-order valence-electron chi connectivity index (χ3n) is 4.73. The van der Waals surface area contributed by atoms with E-state index in [0.29, 0.717) is 22.8 Å². The molecule has 0 unspecified atom stereocenters. The Hall–Kier alpha value is -4.39. The number of phenols is 2. The van der Waals surface area contributed by atoms with E-state index in [0.717, 1.165) is 11.1 Å². The van der Waals surface area contributed by atoms with Gasteiger partial charge < -0.3 is 29.7 Å². The molecule has 1 amide bonds. The van der Waals surface area contributed by atoms with E-state index in [1.807, 2.05) is 24.3 Å². The molecule has 3 aromatic carbocycles. The van der Waals surface area contributed by atoms with Crippen molar-refractivity contribution in [2.24, 2.45) is 0 Å². The first-order valence-corrected chi connectivity index (χ1v) is 10.0. The van der Waals surface area contributed by atoms with Crippen LogP contribution >= 0.6 is 0 Å². The number of ether oxygens (including phenoxy) is 3. The summed E-state index contributed by atoms with van der Waals surface area (Å²) in [4.78, 5) is 12.2. The monoisotopic (exact) mass is 447 g/mol. The van der Waals surface area contributed by atoms with Crippen LogP contribution in [0.2, 0.25) is 0 Å². The van der Waals surface area contributed by atoms with Crippen LogP contribution in [0.15, 0.2) is 60.7 Å². The van der Waals surface area contributed by atoms with E-state index in [-0.39, 0.29) is 17.2 Å². The number of nitrogens with one attached hydrogen (secondary N) is 1. The average molecular weight is 447 g/mol. The van der Waals surface area contributed by atoms with Crippen molar-refractivity contribution in [2.45, 2.75) is 0 Å². The lowest BCUT2D eigenvalue weighted by atomic mass is 10.1. The Morgan fingerprint density at radius 1 is 0.788 bits per heavy atom. The number of amides is 1. The van der Waals surface area contributed by atoms with Crippen molar-refractivity contribution in [3.05, 3.63) is 77.4 Å². The van der Waals surface area contributed by atoms with Crippen molar-refractivity contribution in [1.29, 1.82) is 0 Å². The summed E-state index contributed by atoms with van der Waals surface area (Å²) in [6.07, 6.45) is 6.55. The molecule has 0 heterocycles. The molecule has 0 fully saturated rings. The lowest BCUT2D eigenvalue weighted by molar-refractivity contribution is -0.111. The molecule has 0 aliphatic rings. The Bertz CT molecular complexity index is 1170. The molecule has 0 radical (unpaired) electrons. The molecule has 0 saturated heterocycles. The Kier molecular flexibility index (Phi) is 7.60. The van der Waals surface area contributed by atoms with Crippen molar-refractivity contribution in [3.8, 4) is 28.7 Å². The van der Waals surface area contributed by atoms with Crippen molar-refractivity contribution in [2.75, 3.05) is 26.6 Å². The highest BCUT2D eigenvalue weighted by Crippen LogP contribution is 2.38. The molecule has 0 aliphatic carbocycles. The number of carbonyl (C=O) groups is 1. The summed E-state index contributed by atoms with van der Waals surface area (Å²) in [6.45, 7) is 0. The standard InChI is InChI=1S/C26H25NO6/c1-31-23-15-19(16-24(32-2)26(23)33-3)8-7-18-9-11-21(22(29)14-18)27-25(30)12-10-17-5-4-6-20(28)13-17/h4-16,28-29H,1-3H3,(H,27,30)/b8-7?,12-10+. The van der Waals surface area contributed by atoms with Crippen molar-refractivity contribution in [3.63, 3.8) is 0 Å². The number of hydrogen-bond acceptors (Lipinski definition) is 6. The van der Waals surface area contributed by atoms with Gasteiger partial charge >= 0.3 is 0 Å². The summed E-state index contributed by atoms with van der Waals surface area (Å²) in [5, 5.41) is 22.4. The van der Waals surface area contributed by atoms with Gasteiger partial charge in [-0.25, -0.2) is 0 Å². The minimum Gasteiger partial charge on any atom is -0.508 e. The van der Waals surface area contributed by atoms with Crippen LogP contribution in [0.25, 0.3) is 18.2 Å². The molecule has 7 heteroatoms. The van der Waals surface area contributed by atoms with Crippen molar-refractivity contribution < 1.29 is 29.2 Å². The molecule has 3 rings (SSSR count). The number of phenolic OH excluding ortho intramolecular Hbond substituents is 2. The molecule has 0 saturated carbocycles. The molecule has 0 spiro atoms. The van der Waals surface area contributed by atoms with E-state index < -0.39 is 5.91 Å². The molecular formula is C26H25NO6. The van der Waals surface area contributed by atoms with E-state index in [4.69, 9.17) is 14.2 Å². The normalized spacial score (nSPS) is 11.0. The van der Waals surface area contributed by atoms with Gasteiger partial charge in [0.2, 0.25) is 11.7 Å². The minimum absolute atomic E-state index is 0.0684. The lowest BCUT2D eigenvalue weighted by Crippen LogP contribution is -2.07. The second kappa shape index (κ2) is 10.8. The first kappa shape index (κ1) is 23.3. The maximum atomic E-state index is 12.2. The van der Waals surface area contributed by atoms with Gasteiger partial charge in [-0.05, 0) is 59.2 Å². The molecule has 33 heavy (non-hydrogen) atoms. The second-order valence-electron chi connectivity index (χ2n) is 6.99. The summed E-state index contributed by atoms with van der Waals surface area (Å²) in [5.74, 6) is 1.22. The van der Waals surface area contributed by atoms with Crippen LogP contribution in [-0.4, -0.2) is 37.4 Å². The fraction of sp³-hybridized carbons (Fsp3) is 0.115. The van der Waals surface area contributed by atoms with E-state index in [2.05, 4.69) is 5.32 Å². The highest BCUT2D eigenvalue weighted by Gasteiger charge is 2.12. The molecule has 0 aromatic heterocycles. The lowest BCUT2D eigenvalue weighted by Gasteiger charge is -2.12. The number of anilines is 1. The Morgan fingerprint density at radius 3 is 2.06 bits per heavy atom. The van der Waals surface area contributed by atoms with Crippen LogP contribution in [0.1, 0.15) is 16.7 Å². The fourth-order valence-electron chi connectivity index (χ4n) is 3.12. The van der Waals surface area contributed by atoms with Crippen LogP contribution in [0.4, 0.5) is 5.69 Å². The highest BCUT2D eigenvalue weighted by molar-refractivity contribution is 6.02. The average Bonchev–Trinajstić information content (AvgIpc) is 2.82. The number of rotatable bonds is 8. The van der Waals surface area contributed by atoms with Gasteiger partial charge in [-0.15, -0.1) is 0 Å². The predicted octanol–water partition coefficient (Wildman–Crippen LogP) is 4.95. The van der Waals surface area contributed by atoms with Gasteiger partial charge in [-0.2, -0.15) is 0 Å². The molecule has 3 N–H and O–H groups in total. The zero-order valence-electron chi connectivity index (χ0n) is 18.5. The molecule has 0 aliphatic heterocycles. The summed E-state index contributed by atoms with van der Waals surface area (Å²) in [5.41, 5.74) is 2.51. The number of carbonyl (C=O) groups excluding carboxylic acids is 1. The van der Waals surface area contributed by atoms with Crippen LogP contribution in [-0.2, 0) is 4.79 Å². The number of methoxy groups -OCH3 is 3. The van der Waals surface area contributed by atoms with Gasteiger partial charge in [-0.1, -0.05) is 30.4 Å². The van der Waals surface area contributed by atoms with Gasteiger partial charge in [0, 0.05) is 6.08 Å². The van der Waals surface area contributed by atoms with Crippen LogP contribution < -0.4 is 19.5 Å². The van der Waals surface area contributed by atoms with Crippen LogP contribution in [0.5, 0.6) is 28.7 Å². The smallest absolute Gasteiger partial charge is 0.248 e. The predicted molar refractivity (Wildman–Crippen MR) is 129 cm³/mol. The van der Waals surface area contributed by atoms with Crippen LogP contribution in [0.3, 0.4) is 0 Å². The zero-order valence-corrected chi connectivity index (χ0v) is 18.5. The maximum Gasteiger partial charge on any atom is 0.248 e. The summed E-state index contributed by atoms with van der Waals surface area (Å²) >= 11 is 0. The van der Waals surface area contributed by atoms with Gasteiger partial charge in [-0.3, -0.25) is 4.79 Å². The Labute approximate surface area is 192 Å². The molecule has 0 atom stereocenters. The number of hydrogen-bond donors (Lipinski definition) is 3. The topological polar surface area (TPSA) is 97.3 Å². The van der Waals surface area contributed by atoms with Crippen LogP contribution in [0, 0.1) is 0 Å². The van der Waals surface area contributed by atoms with Gasteiger partial charge in [0.15, 0.2) is 11.5 Å². The third kappa shape index (κ3) is 6.07. The summed E-state index contributed by atoms with van der Waals surface area (Å²) in [6, 6.07) is 15.1. The fourth-order valence-corrected chi connectivity index (χ4v) is 3.12. The summed E-state index contributed by atoms with van der Waals surface area (Å²) < 4.78 is 16.0. The van der Waals surface area contributed by atoms with Gasteiger partial charge in [0.05, 0.1) is 27.0 Å². The number of benzene rings is 3. The molecule has 0 bridgehead atoms. The Morgan fingerprint density at radius 2 is 1.45 bits per heavy atom. The molecular weight excluding hydrogens is 422 g/mol. The zero-order chi connectivity index (χ0) is 23.8. The second-order valence-corrected chi connectivity index (χ2v) is 6.99. The first-order chi connectivity index (χ1) is 15.9. The van der Waals surface area contributed by atoms with E-state index in [1.54, 1.807) is 63.8 Å². The minimum atomic E-state index is -0.408. The van der Waals surface area contributed by atoms with Crippen molar-refractivity contribution >= 4 is 29.8 Å². The van der Waals surface area contributed by atoms with E-state index in [1.165, 1.54) is 12.1 Å². The van der Waals surface area contributed by atoms with E-state index in [9.17, 15) is 15.0 Å². The number of aromatic hydroxyl groups is 2. The van der Waals surface area contributed by atoms with Gasteiger partial charge in [0.25, 0.3) is 0 Å². The SMILES string of the molecule is COc1cc(C=Cc2ccc(NC(=O)/C=C/c3cccc(O)c3)c(O)c2)cc(OC)c1OC. The molecule has 170 valence electrons. The maximum absolute atomic E-state index is 12.2. The Balaban J connectivity index is 1.72. The summed E-state index contributed by atoms with van der Waals surface area (Å²) in [7, 11) is 4.64. The quantitative estimate of drug-likeness (QED) is 0.257. The third-order valence-corrected chi connectivity index (χ3v) is 4.73. The van der Waals surface area contributed by atoms with E-state index >= 15 is 0 Å².